The number of anilines is 2. The Morgan fingerprint density at radius 1 is 1.32 bits per heavy atom. The SMILES string of the molecule is CCCS(=O)(=O)Nc1ccc(F)c(C(=O)Nc2cnc3n[nH]c(C4CC4C)c3c2)c1F. The predicted octanol–water partition coefficient (Wildman–Crippen LogP) is 3.76. The van der Waals surface area contributed by atoms with Crippen molar-refractivity contribution in [1.29, 1.82) is 0 Å². The van der Waals surface area contributed by atoms with Gasteiger partial charge < -0.3 is 5.32 Å². The van der Waals surface area contributed by atoms with Gasteiger partial charge in [-0.15, -0.1) is 0 Å². The molecule has 0 spiro atoms. The van der Waals surface area contributed by atoms with Crippen LogP contribution in [-0.4, -0.2) is 35.3 Å². The molecule has 1 amide bonds. The van der Waals surface area contributed by atoms with Crippen molar-refractivity contribution >= 4 is 38.3 Å². The molecule has 1 saturated carbocycles. The summed E-state index contributed by atoms with van der Waals surface area (Å²) in [5, 5.41) is 10.3. The summed E-state index contributed by atoms with van der Waals surface area (Å²) in [5.41, 5.74) is 0.255. The third-order valence-electron chi connectivity index (χ3n) is 5.23. The van der Waals surface area contributed by atoms with E-state index in [0.29, 0.717) is 23.9 Å². The smallest absolute Gasteiger partial charge is 0.261 e. The van der Waals surface area contributed by atoms with E-state index in [-0.39, 0.29) is 11.4 Å². The van der Waals surface area contributed by atoms with E-state index in [0.717, 1.165) is 29.6 Å². The molecular formula is C20H21F2N5O3S. The number of carbonyl (C=O) groups is 1. The van der Waals surface area contributed by atoms with Crippen molar-refractivity contribution < 1.29 is 22.0 Å². The minimum atomic E-state index is -3.82. The second-order valence-corrected chi connectivity index (χ2v) is 9.55. The first-order chi connectivity index (χ1) is 14.7. The second kappa shape index (κ2) is 7.88. The van der Waals surface area contributed by atoms with E-state index in [9.17, 15) is 22.0 Å². The quantitative estimate of drug-likeness (QED) is 0.508. The molecule has 2 unspecified atom stereocenters. The molecule has 1 aliphatic carbocycles. The van der Waals surface area contributed by atoms with Gasteiger partial charge in [-0.25, -0.2) is 22.2 Å². The van der Waals surface area contributed by atoms with Crippen LogP contribution in [0.1, 0.15) is 48.7 Å². The number of H-pyrrole nitrogens is 1. The molecule has 2 heterocycles. The predicted molar refractivity (Wildman–Crippen MR) is 112 cm³/mol. The van der Waals surface area contributed by atoms with Gasteiger partial charge in [0.25, 0.3) is 5.91 Å². The molecule has 2 atom stereocenters. The molecule has 31 heavy (non-hydrogen) atoms. The molecule has 3 N–H and O–H groups in total. The fourth-order valence-corrected chi connectivity index (χ4v) is 4.65. The number of halogens is 2. The van der Waals surface area contributed by atoms with Crippen molar-refractivity contribution in [3.8, 4) is 0 Å². The molecule has 0 radical (unpaired) electrons. The number of sulfonamides is 1. The Morgan fingerprint density at radius 2 is 2.06 bits per heavy atom. The summed E-state index contributed by atoms with van der Waals surface area (Å²) in [4.78, 5) is 16.8. The zero-order valence-corrected chi connectivity index (χ0v) is 17.7. The van der Waals surface area contributed by atoms with E-state index in [1.165, 1.54) is 6.20 Å². The van der Waals surface area contributed by atoms with Gasteiger partial charge in [0.1, 0.15) is 11.4 Å². The fraction of sp³-hybridized carbons (Fsp3) is 0.350. The number of aromatic amines is 1. The normalized spacial score (nSPS) is 18.2. The van der Waals surface area contributed by atoms with Crippen molar-refractivity contribution in [2.75, 3.05) is 15.8 Å². The Kier molecular flexibility index (Phi) is 5.38. The molecule has 8 nitrogen and oxygen atoms in total. The summed E-state index contributed by atoms with van der Waals surface area (Å²) >= 11 is 0. The van der Waals surface area contributed by atoms with Crippen molar-refractivity contribution in [2.24, 2.45) is 5.92 Å². The van der Waals surface area contributed by atoms with Crippen LogP contribution in [0.25, 0.3) is 11.0 Å². The Hall–Kier alpha value is -3.08. The van der Waals surface area contributed by atoms with E-state index in [1.807, 2.05) is 0 Å². The monoisotopic (exact) mass is 449 g/mol. The number of fused-ring (bicyclic) bond motifs is 1. The van der Waals surface area contributed by atoms with Crippen LogP contribution in [0.15, 0.2) is 24.4 Å². The maximum atomic E-state index is 14.8. The van der Waals surface area contributed by atoms with Gasteiger partial charge in [0.05, 0.1) is 23.3 Å². The van der Waals surface area contributed by atoms with Gasteiger partial charge in [-0.2, -0.15) is 5.10 Å². The molecule has 1 aromatic carbocycles. The van der Waals surface area contributed by atoms with Crippen molar-refractivity contribution in [2.45, 2.75) is 32.6 Å². The van der Waals surface area contributed by atoms with E-state index >= 15 is 0 Å². The summed E-state index contributed by atoms with van der Waals surface area (Å²) in [6, 6.07) is 3.43. The molecular weight excluding hydrogens is 428 g/mol. The van der Waals surface area contributed by atoms with E-state index < -0.39 is 38.8 Å². The molecule has 4 rings (SSSR count). The molecule has 164 valence electrons. The minimum Gasteiger partial charge on any atom is -0.320 e. The van der Waals surface area contributed by atoms with Crippen molar-refractivity contribution in [3.05, 3.63) is 47.3 Å². The average molecular weight is 449 g/mol. The minimum absolute atomic E-state index is 0.232. The first-order valence-corrected chi connectivity index (χ1v) is 11.5. The lowest BCUT2D eigenvalue weighted by Gasteiger charge is -2.12. The van der Waals surface area contributed by atoms with Gasteiger partial charge in [-0.05, 0) is 37.0 Å². The lowest BCUT2D eigenvalue weighted by atomic mass is 10.1. The van der Waals surface area contributed by atoms with Crippen molar-refractivity contribution in [1.82, 2.24) is 15.2 Å². The van der Waals surface area contributed by atoms with Gasteiger partial charge in [0.2, 0.25) is 10.0 Å². The summed E-state index contributed by atoms with van der Waals surface area (Å²) < 4.78 is 55.0. The highest BCUT2D eigenvalue weighted by molar-refractivity contribution is 7.92. The number of nitrogens with zero attached hydrogens (tertiary/aromatic N) is 2. The molecule has 0 aliphatic heterocycles. The lowest BCUT2D eigenvalue weighted by molar-refractivity contribution is 0.101. The zero-order chi connectivity index (χ0) is 22.3. The van der Waals surface area contributed by atoms with Crippen LogP contribution in [0.5, 0.6) is 0 Å². The highest BCUT2D eigenvalue weighted by atomic mass is 32.2. The summed E-state index contributed by atoms with van der Waals surface area (Å²) in [7, 11) is -3.82. The van der Waals surface area contributed by atoms with E-state index in [2.05, 4.69) is 32.1 Å². The largest absolute Gasteiger partial charge is 0.320 e. The van der Waals surface area contributed by atoms with Gasteiger partial charge in [0, 0.05) is 17.0 Å². The number of rotatable bonds is 7. The topological polar surface area (TPSA) is 117 Å². The Bertz CT molecular complexity index is 1280. The summed E-state index contributed by atoms with van der Waals surface area (Å²) in [6.45, 7) is 3.77. The van der Waals surface area contributed by atoms with Crippen LogP contribution in [0, 0.1) is 17.6 Å². The Balaban J connectivity index is 1.62. The number of carbonyl (C=O) groups excluding carboxylic acids is 1. The lowest BCUT2D eigenvalue weighted by Crippen LogP contribution is -2.20. The first-order valence-electron chi connectivity index (χ1n) is 9.84. The number of amides is 1. The maximum Gasteiger partial charge on any atom is 0.261 e. The number of hydrogen-bond donors (Lipinski definition) is 3. The molecule has 1 aliphatic rings. The van der Waals surface area contributed by atoms with Crippen LogP contribution in [0.3, 0.4) is 0 Å². The Labute approximate surface area is 177 Å². The molecule has 3 aromatic rings. The summed E-state index contributed by atoms with van der Waals surface area (Å²) in [5.74, 6) is -2.84. The van der Waals surface area contributed by atoms with Crippen LogP contribution < -0.4 is 10.0 Å². The molecule has 0 bridgehead atoms. The van der Waals surface area contributed by atoms with Crippen LogP contribution in [0.4, 0.5) is 20.2 Å². The Morgan fingerprint density at radius 3 is 2.74 bits per heavy atom. The van der Waals surface area contributed by atoms with Gasteiger partial charge in [-0.1, -0.05) is 13.8 Å². The number of nitrogens with one attached hydrogen (secondary N) is 3. The molecule has 11 heteroatoms. The third-order valence-corrected chi connectivity index (χ3v) is 6.71. The van der Waals surface area contributed by atoms with Gasteiger partial charge in [0.15, 0.2) is 11.5 Å². The van der Waals surface area contributed by atoms with Gasteiger partial charge in [-0.3, -0.25) is 14.6 Å². The van der Waals surface area contributed by atoms with E-state index in [1.54, 1.807) is 13.0 Å². The number of benzene rings is 1. The number of hydrogen-bond acceptors (Lipinski definition) is 5. The van der Waals surface area contributed by atoms with Crippen LogP contribution in [-0.2, 0) is 10.0 Å². The summed E-state index contributed by atoms with van der Waals surface area (Å²) in [6.07, 6.45) is 2.67. The van der Waals surface area contributed by atoms with Crippen LogP contribution in [0.2, 0.25) is 0 Å². The molecule has 2 aromatic heterocycles. The highest BCUT2D eigenvalue weighted by Crippen LogP contribution is 2.48. The van der Waals surface area contributed by atoms with Crippen molar-refractivity contribution in [3.63, 3.8) is 0 Å². The highest BCUT2D eigenvalue weighted by Gasteiger charge is 2.36. The standard InChI is InChI=1S/C20H21F2N5O3S/c1-3-6-31(29,30)27-15-5-4-14(21)16(17(15)22)20(28)24-11-8-13-18(12-7-10(12)2)25-26-19(13)23-9-11/h4-5,8-10,12,27H,3,6-7H2,1-2H3,(H,24,28)(H,23,25,26). The van der Waals surface area contributed by atoms with Crippen LogP contribution >= 0.6 is 0 Å². The van der Waals surface area contributed by atoms with E-state index in [4.69, 9.17) is 0 Å². The van der Waals surface area contributed by atoms with Gasteiger partial charge >= 0.3 is 0 Å². The second-order valence-electron chi connectivity index (χ2n) is 7.71. The number of pyridine rings is 1. The maximum absolute atomic E-state index is 14.8. The average Bonchev–Trinajstić information content (AvgIpc) is 3.27. The zero-order valence-electron chi connectivity index (χ0n) is 16.9. The molecule has 0 saturated heterocycles. The third kappa shape index (κ3) is 4.22. The number of aromatic nitrogens is 3. The molecule has 1 fully saturated rings. The fourth-order valence-electron chi connectivity index (χ4n) is 3.51. The first kappa shape index (κ1) is 21.2.